The van der Waals surface area contributed by atoms with Crippen LogP contribution < -0.4 is 10.8 Å². The summed E-state index contributed by atoms with van der Waals surface area (Å²) in [4.78, 5) is 23.9. The summed E-state index contributed by atoms with van der Waals surface area (Å²) in [7, 11) is 0. The highest BCUT2D eigenvalue weighted by Gasteiger charge is 2.32. The average molecular weight is 391 g/mol. The molecule has 1 amide bonds. The van der Waals surface area contributed by atoms with Crippen molar-refractivity contribution in [3.63, 3.8) is 0 Å². The van der Waals surface area contributed by atoms with Crippen LogP contribution in [0.5, 0.6) is 0 Å². The van der Waals surface area contributed by atoms with Gasteiger partial charge in [0.05, 0.1) is 0 Å². The van der Waals surface area contributed by atoms with Crippen molar-refractivity contribution in [2.45, 2.75) is 83.9 Å². The Bertz CT molecular complexity index is 631. The second-order valence-electron chi connectivity index (χ2n) is 8.64. The lowest BCUT2D eigenvalue weighted by Crippen LogP contribution is -2.46. The van der Waals surface area contributed by atoms with Crippen molar-refractivity contribution in [1.82, 2.24) is 10.8 Å². The molecule has 28 heavy (non-hydrogen) atoms. The molecule has 1 saturated carbocycles. The number of carbonyl (C=O) groups excluding carboxylic acids is 2. The molecular weight excluding hydrogens is 356 g/mol. The molecular formula is C22H34N2O4. The number of nitrogens with one attached hydrogen (secondary N) is 2. The van der Waals surface area contributed by atoms with E-state index in [-0.39, 0.29) is 18.4 Å². The van der Waals surface area contributed by atoms with Crippen LogP contribution in [0.4, 0.5) is 0 Å². The molecule has 1 atom stereocenters. The van der Waals surface area contributed by atoms with Crippen LogP contribution in [0.2, 0.25) is 0 Å². The molecule has 0 aromatic heterocycles. The van der Waals surface area contributed by atoms with Crippen LogP contribution in [0.1, 0.15) is 70.4 Å². The van der Waals surface area contributed by atoms with Crippen molar-refractivity contribution in [3.05, 3.63) is 35.4 Å². The van der Waals surface area contributed by atoms with Gasteiger partial charge in [0.25, 0.3) is 0 Å². The summed E-state index contributed by atoms with van der Waals surface area (Å²) in [5.41, 5.74) is 3.27. The molecule has 0 spiro atoms. The maximum Gasteiger partial charge on any atom is 0.323 e. The van der Waals surface area contributed by atoms with Gasteiger partial charge in [-0.1, -0.05) is 43.5 Å². The number of rotatable bonds is 8. The summed E-state index contributed by atoms with van der Waals surface area (Å²) in [6.07, 6.45) is 6.52. The van der Waals surface area contributed by atoms with Gasteiger partial charge in [-0.2, -0.15) is 0 Å². The molecule has 0 aliphatic heterocycles. The zero-order valence-electron chi connectivity index (χ0n) is 17.3. The molecule has 2 rings (SSSR count). The molecule has 156 valence electrons. The first-order valence-electron chi connectivity index (χ1n) is 10.3. The fourth-order valence-corrected chi connectivity index (χ4v) is 3.64. The van der Waals surface area contributed by atoms with E-state index in [4.69, 9.17) is 9.94 Å². The normalized spacial score (nSPS) is 16.4. The number of hydroxylamine groups is 1. The number of hydrogen-bond acceptors (Lipinski definition) is 5. The quantitative estimate of drug-likeness (QED) is 0.359. The second kappa shape index (κ2) is 10.6. The highest BCUT2D eigenvalue weighted by molar-refractivity contribution is 5.76. The van der Waals surface area contributed by atoms with E-state index >= 15 is 0 Å². The van der Waals surface area contributed by atoms with Gasteiger partial charge in [-0.3, -0.25) is 14.8 Å². The topological polar surface area (TPSA) is 87.7 Å². The van der Waals surface area contributed by atoms with Crippen molar-refractivity contribution < 1.29 is 19.5 Å². The standard InChI is InChI=1S/C22H34N2O4/c1-22(2,3)28-21(26)20(18-7-5-4-6-8-18)23-15-17-11-9-16(10-12-17)13-14-19(25)24-27/h9-12,18,20,23,27H,4-8,13-15H2,1-3H3,(H,24,25)/t20-/m0/s1. The van der Waals surface area contributed by atoms with Gasteiger partial charge in [0.2, 0.25) is 5.91 Å². The largest absolute Gasteiger partial charge is 0.459 e. The highest BCUT2D eigenvalue weighted by Crippen LogP contribution is 2.28. The number of esters is 1. The Morgan fingerprint density at radius 3 is 2.29 bits per heavy atom. The maximum atomic E-state index is 12.8. The molecule has 3 N–H and O–H groups in total. The van der Waals surface area contributed by atoms with E-state index in [2.05, 4.69) is 5.32 Å². The molecule has 1 fully saturated rings. The Kier molecular flexibility index (Phi) is 8.45. The lowest BCUT2D eigenvalue weighted by molar-refractivity contribution is -0.159. The molecule has 0 heterocycles. The van der Waals surface area contributed by atoms with Gasteiger partial charge in [-0.05, 0) is 57.1 Å². The Balaban J connectivity index is 1.95. The first-order chi connectivity index (χ1) is 13.3. The molecule has 0 unspecified atom stereocenters. The van der Waals surface area contributed by atoms with E-state index in [1.807, 2.05) is 45.0 Å². The number of aryl methyl sites for hydroxylation is 1. The van der Waals surface area contributed by atoms with Crippen LogP contribution >= 0.6 is 0 Å². The van der Waals surface area contributed by atoms with Crippen LogP contribution in [0.25, 0.3) is 0 Å². The summed E-state index contributed by atoms with van der Waals surface area (Å²) >= 11 is 0. The van der Waals surface area contributed by atoms with Gasteiger partial charge in [0, 0.05) is 13.0 Å². The van der Waals surface area contributed by atoms with Crippen LogP contribution in [0.15, 0.2) is 24.3 Å². The fraction of sp³-hybridized carbons (Fsp3) is 0.636. The highest BCUT2D eigenvalue weighted by atomic mass is 16.6. The van der Waals surface area contributed by atoms with E-state index in [9.17, 15) is 9.59 Å². The lowest BCUT2D eigenvalue weighted by Gasteiger charge is -2.32. The van der Waals surface area contributed by atoms with Crippen LogP contribution in [-0.2, 0) is 27.3 Å². The van der Waals surface area contributed by atoms with E-state index in [0.717, 1.165) is 24.0 Å². The van der Waals surface area contributed by atoms with Gasteiger partial charge in [0.1, 0.15) is 11.6 Å². The van der Waals surface area contributed by atoms with E-state index in [0.29, 0.717) is 18.9 Å². The number of amides is 1. The first kappa shape index (κ1) is 22.4. The summed E-state index contributed by atoms with van der Waals surface area (Å²) in [5.74, 6) is -0.232. The lowest BCUT2D eigenvalue weighted by atomic mass is 9.83. The third-order valence-corrected chi connectivity index (χ3v) is 5.10. The Morgan fingerprint density at radius 1 is 1.11 bits per heavy atom. The summed E-state index contributed by atoms with van der Waals surface area (Å²) < 4.78 is 5.67. The fourth-order valence-electron chi connectivity index (χ4n) is 3.64. The summed E-state index contributed by atoms with van der Waals surface area (Å²) in [5, 5.41) is 12.0. The Labute approximate surface area is 168 Å². The minimum atomic E-state index is -0.492. The van der Waals surface area contributed by atoms with Gasteiger partial charge < -0.3 is 10.1 Å². The molecule has 1 aromatic carbocycles. The molecule has 0 radical (unpaired) electrons. The van der Waals surface area contributed by atoms with Crippen molar-refractivity contribution in [2.75, 3.05) is 0 Å². The molecule has 1 aliphatic rings. The second-order valence-corrected chi connectivity index (χ2v) is 8.64. The molecule has 1 aromatic rings. The zero-order chi connectivity index (χ0) is 20.6. The van der Waals surface area contributed by atoms with E-state index in [1.54, 1.807) is 5.48 Å². The average Bonchev–Trinajstić information content (AvgIpc) is 2.66. The molecule has 6 nitrogen and oxygen atoms in total. The third kappa shape index (κ3) is 7.60. The monoisotopic (exact) mass is 390 g/mol. The van der Waals surface area contributed by atoms with Gasteiger partial charge in [0.15, 0.2) is 0 Å². The van der Waals surface area contributed by atoms with Gasteiger partial charge >= 0.3 is 5.97 Å². The minimum absolute atomic E-state index is 0.161. The van der Waals surface area contributed by atoms with Crippen molar-refractivity contribution in [3.8, 4) is 0 Å². The van der Waals surface area contributed by atoms with Crippen molar-refractivity contribution in [2.24, 2.45) is 5.92 Å². The Hall–Kier alpha value is -1.92. The smallest absolute Gasteiger partial charge is 0.323 e. The summed E-state index contributed by atoms with van der Waals surface area (Å²) in [6, 6.07) is 7.68. The molecule has 0 saturated heterocycles. The first-order valence-corrected chi connectivity index (χ1v) is 10.3. The number of ether oxygens (including phenoxy) is 1. The molecule has 0 bridgehead atoms. The van der Waals surface area contributed by atoms with E-state index < -0.39 is 11.5 Å². The minimum Gasteiger partial charge on any atom is -0.459 e. The van der Waals surface area contributed by atoms with E-state index in [1.165, 1.54) is 19.3 Å². The predicted octanol–water partition coefficient (Wildman–Crippen LogP) is 3.50. The molecule has 6 heteroatoms. The van der Waals surface area contributed by atoms with Gasteiger partial charge in [-0.25, -0.2) is 5.48 Å². The van der Waals surface area contributed by atoms with Crippen LogP contribution in [0, 0.1) is 5.92 Å². The maximum absolute atomic E-state index is 12.8. The van der Waals surface area contributed by atoms with Crippen molar-refractivity contribution >= 4 is 11.9 Å². The van der Waals surface area contributed by atoms with Gasteiger partial charge in [-0.15, -0.1) is 0 Å². The zero-order valence-corrected chi connectivity index (χ0v) is 17.3. The third-order valence-electron chi connectivity index (χ3n) is 5.10. The van der Waals surface area contributed by atoms with Crippen LogP contribution in [-0.4, -0.2) is 28.7 Å². The Morgan fingerprint density at radius 2 is 1.71 bits per heavy atom. The number of carbonyl (C=O) groups is 2. The predicted molar refractivity (Wildman–Crippen MR) is 108 cm³/mol. The van der Waals surface area contributed by atoms with Crippen molar-refractivity contribution in [1.29, 1.82) is 0 Å². The number of hydrogen-bond donors (Lipinski definition) is 3. The summed E-state index contributed by atoms with van der Waals surface area (Å²) in [6.45, 7) is 6.30. The van der Waals surface area contributed by atoms with Crippen LogP contribution in [0.3, 0.4) is 0 Å². The molecule has 1 aliphatic carbocycles. The SMILES string of the molecule is CC(C)(C)OC(=O)[C@@H](NCc1ccc(CCC(=O)NO)cc1)C1CCCCC1. The number of benzene rings is 1.